The number of benzene rings is 1. The van der Waals surface area contributed by atoms with E-state index >= 15 is 0 Å². The van der Waals surface area contributed by atoms with Crippen molar-refractivity contribution in [3.63, 3.8) is 0 Å². The van der Waals surface area contributed by atoms with E-state index in [9.17, 15) is 27.6 Å². The minimum absolute atomic E-state index is 0.176. The summed E-state index contributed by atoms with van der Waals surface area (Å²) in [6, 6.07) is 14.2. The number of piperazine rings is 1. The van der Waals surface area contributed by atoms with Crippen LogP contribution in [0.3, 0.4) is 0 Å². The average molecular weight is 551 g/mol. The maximum absolute atomic E-state index is 14.3. The molecule has 3 aromatic heterocycles. The highest BCUT2D eigenvalue weighted by Crippen LogP contribution is 2.36. The minimum atomic E-state index is -4.53. The number of rotatable bonds is 4. The van der Waals surface area contributed by atoms with Crippen molar-refractivity contribution < 1.29 is 17.6 Å². The Morgan fingerprint density at radius 1 is 1.05 bits per heavy atom. The van der Waals surface area contributed by atoms with Crippen LogP contribution < -0.4 is 10.5 Å². The van der Waals surface area contributed by atoms with Gasteiger partial charge in [0.15, 0.2) is 0 Å². The molecule has 3 atom stereocenters. The van der Waals surface area contributed by atoms with Gasteiger partial charge in [0.25, 0.3) is 5.56 Å². The van der Waals surface area contributed by atoms with Gasteiger partial charge in [-0.25, -0.2) is 9.37 Å². The summed E-state index contributed by atoms with van der Waals surface area (Å²) in [7, 11) is 1.65. The second-order valence-corrected chi connectivity index (χ2v) is 10.1. The molecule has 0 bridgehead atoms. The SMILES string of the molecule is CC1CN(c2cc(=O)n(C)c3ccc(C#N)nc23)[C@@H](C)CN1C(c1cccc(F)c1)c1ccc(C(F)(F)F)cn1. The Labute approximate surface area is 227 Å². The predicted molar refractivity (Wildman–Crippen MR) is 142 cm³/mol. The lowest BCUT2D eigenvalue weighted by Gasteiger charge is -2.48. The molecular weight excluding hydrogens is 524 g/mol. The first-order chi connectivity index (χ1) is 19.0. The largest absolute Gasteiger partial charge is 0.417 e. The van der Waals surface area contributed by atoms with E-state index in [2.05, 4.69) is 19.8 Å². The molecule has 206 valence electrons. The molecule has 0 spiro atoms. The van der Waals surface area contributed by atoms with E-state index in [1.54, 1.807) is 31.3 Å². The van der Waals surface area contributed by atoms with E-state index in [4.69, 9.17) is 0 Å². The molecule has 0 amide bonds. The Hall–Kier alpha value is -4.30. The van der Waals surface area contributed by atoms with Crippen LogP contribution in [0.1, 0.15) is 42.4 Å². The number of nitriles is 1. The van der Waals surface area contributed by atoms with Gasteiger partial charge in [0, 0.05) is 44.5 Å². The lowest BCUT2D eigenvalue weighted by atomic mass is 9.96. The second-order valence-electron chi connectivity index (χ2n) is 10.1. The van der Waals surface area contributed by atoms with E-state index in [1.165, 1.54) is 28.8 Å². The molecule has 4 heterocycles. The van der Waals surface area contributed by atoms with Gasteiger partial charge in [-0.1, -0.05) is 12.1 Å². The first-order valence-corrected chi connectivity index (χ1v) is 12.7. The highest BCUT2D eigenvalue weighted by atomic mass is 19.4. The fraction of sp³-hybridized carbons (Fsp3) is 0.310. The summed E-state index contributed by atoms with van der Waals surface area (Å²) in [6.45, 7) is 4.81. The summed E-state index contributed by atoms with van der Waals surface area (Å²) in [5, 5.41) is 9.41. The molecule has 7 nitrogen and oxygen atoms in total. The van der Waals surface area contributed by atoms with Crippen LogP contribution in [0.15, 0.2) is 65.6 Å². The van der Waals surface area contributed by atoms with Crippen LogP contribution in [-0.4, -0.2) is 44.6 Å². The van der Waals surface area contributed by atoms with Gasteiger partial charge < -0.3 is 9.47 Å². The van der Waals surface area contributed by atoms with Gasteiger partial charge in [0.05, 0.1) is 28.5 Å². The number of fused-ring (bicyclic) bond motifs is 1. The average Bonchev–Trinajstić information content (AvgIpc) is 2.92. The summed E-state index contributed by atoms with van der Waals surface area (Å²) in [5.74, 6) is -0.459. The van der Waals surface area contributed by atoms with Crippen molar-refractivity contribution in [1.82, 2.24) is 19.4 Å². The third-order valence-electron chi connectivity index (χ3n) is 7.42. The van der Waals surface area contributed by atoms with Gasteiger partial charge >= 0.3 is 6.18 Å². The zero-order valence-corrected chi connectivity index (χ0v) is 22.0. The lowest BCUT2D eigenvalue weighted by molar-refractivity contribution is -0.137. The number of aryl methyl sites for hydroxylation is 1. The fourth-order valence-corrected chi connectivity index (χ4v) is 5.39. The number of aromatic nitrogens is 3. The van der Waals surface area contributed by atoms with Crippen molar-refractivity contribution in [3.05, 3.63) is 99.5 Å². The van der Waals surface area contributed by atoms with Crippen LogP contribution in [0.4, 0.5) is 23.2 Å². The number of halogens is 4. The first kappa shape index (κ1) is 27.3. The van der Waals surface area contributed by atoms with Crippen molar-refractivity contribution in [2.24, 2.45) is 7.05 Å². The minimum Gasteiger partial charge on any atom is -0.364 e. The molecule has 0 N–H and O–H groups in total. The van der Waals surface area contributed by atoms with E-state index in [1.807, 2.05) is 19.9 Å². The number of nitrogens with zero attached hydrogens (tertiary/aromatic N) is 6. The Kier molecular flexibility index (Phi) is 7.06. The first-order valence-electron chi connectivity index (χ1n) is 12.7. The molecule has 1 aliphatic heterocycles. The van der Waals surface area contributed by atoms with Crippen LogP contribution in [0, 0.1) is 17.1 Å². The molecule has 1 aliphatic rings. The number of anilines is 1. The molecule has 2 unspecified atom stereocenters. The van der Waals surface area contributed by atoms with Gasteiger partial charge in [0.1, 0.15) is 23.1 Å². The number of pyridine rings is 3. The summed E-state index contributed by atoms with van der Waals surface area (Å²) < 4.78 is 55.5. The molecule has 5 rings (SSSR count). The number of alkyl halides is 3. The summed E-state index contributed by atoms with van der Waals surface area (Å²) in [5.41, 5.74) is 1.81. The lowest BCUT2D eigenvalue weighted by Crippen LogP contribution is -2.57. The number of hydrogen-bond acceptors (Lipinski definition) is 6. The Balaban J connectivity index is 1.55. The summed E-state index contributed by atoms with van der Waals surface area (Å²) in [4.78, 5) is 25.6. The maximum Gasteiger partial charge on any atom is 0.417 e. The summed E-state index contributed by atoms with van der Waals surface area (Å²) in [6.07, 6.45) is -3.72. The van der Waals surface area contributed by atoms with Crippen LogP contribution >= 0.6 is 0 Å². The number of hydrogen-bond donors (Lipinski definition) is 0. The Morgan fingerprint density at radius 2 is 1.82 bits per heavy atom. The smallest absolute Gasteiger partial charge is 0.364 e. The van der Waals surface area contributed by atoms with E-state index in [0.29, 0.717) is 41.1 Å². The molecule has 0 aliphatic carbocycles. The molecule has 1 aromatic carbocycles. The highest BCUT2D eigenvalue weighted by molar-refractivity contribution is 5.89. The van der Waals surface area contributed by atoms with E-state index in [0.717, 1.165) is 12.3 Å². The third kappa shape index (κ3) is 5.02. The second kappa shape index (κ2) is 10.4. The third-order valence-corrected chi connectivity index (χ3v) is 7.42. The van der Waals surface area contributed by atoms with Crippen molar-refractivity contribution >= 4 is 16.7 Å². The molecule has 0 radical (unpaired) electrons. The van der Waals surface area contributed by atoms with Gasteiger partial charge in [-0.3, -0.25) is 14.7 Å². The monoisotopic (exact) mass is 550 g/mol. The molecular formula is C29H26F4N6O. The molecule has 1 saturated heterocycles. The van der Waals surface area contributed by atoms with Crippen LogP contribution in [-0.2, 0) is 13.2 Å². The van der Waals surface area contributed by atoms with Gasteiger partial charge in [0.2, 0.25) is 0 Å². The predicted octanol–water partition coefficient (Wildman–Crippen LogP) is 5.05. The maximum atomic E-state index is 14.3. The topological polar surface area (TPSA) is 78.0 Å². The zero-order chi connectivity index (χ0) is 28.8. The van der Waals surface area contributed by atoms with Crippen molar-refractivity contribution in [3.8, 4) is 6.07 Å². The van der Waals surface area contributed by atoms with Crippen LogP contribution in [0.25, 0.3) is 11.0 Å². The van der Waals surface area contributed by atoms with Crippen molar-refractivity contribution in [1.29, 1.82) is 5.26 Å². The Morgan fingerprint density at radius 3 is 2.48 bits per heavy atom. The summed E-state index contributed by atoms with van der Waals surface area (Å²) >= 11 is 0. The van der Waals surface area contributed by atoms with Crippen molar-refractivity contribution in [2.75, 3.05) is 18.0 Å². The van der Waals surface area contributed by atoms with Crippen LogP contribution in [0.2, 0.25) is 0 Å². The van der Waals surface area contributed by atoms with E-state index in [-0.39, 0.29) is 23.3 Å². The standard InChI is InChI=1S/C29H26F4N6O/c1-17-16-39(28(19-5-4-6-21(30)11-19)23-9-7-20(14-35-23)29(31,32)33)18(2)15-38(17)25-12-26(40)37(3)24-10-8-22(13-34)36-27(24)25/h4-12,14,17-18,28H,15-16H2,1-3H3/t17-,18?,28?/m0/s1. The normalized spacial score (nSPS) is 19.0. The van der Waals surface area contributed by atoms with Gasteiger partial charge in [-0.2, -0.15) is 18.4 Å². The highest BCUT2D eigenvalue weighted by Gasteiger charge is 2.37. The zero-order valence-electron chi connectivity index (χ0n) is 22.0. The van der Waals surface area contributed by atoms with Crippen molar-refractivity contribution in [2.45, 2.75) is 38.1 Å². The molecule has 0 saturated carbocycles. The Bertz CT molecular complexity index is 1660. The van der Waals surface area contributed by atoms with Crippen LogP contribution in [0.5, 0.6) is 0 Å². The van der Waals surface area contributed by atoms with Gasteiger partial charge in [-0.05, 0) is 55.8 Å². The molecule has 1 fully saturated rings. The van der Waals surface area contributed by atoms with Gasteiger partial charge in [-0.15, -0.1) is 0 Å². The molecule has 11 heteroatoms. The molecule has 4 aromatic rings. The fourth-order valence-electron chi connectivity index (χ4n) is 5.39. The van der Waals surface area contributed by atoms with E-state index < -0.39 is 23.6 Å². The molecule has 40 heavy (non-hydrogen) atoms. The quantitative estimate of drug-likeness (QED) is 0.331.